The quantitative estimate of drug-likeness (QED) is 0.465. The molecule has 4 N–H and O–H groups in total. The van der Waals surface area contributed by atoms with Crippen molar-refractivity contribution in [3.05, 3.63) is 40.0 Å². The van der Waals surface area contributed by atoms with E-state index in [0.29, 0.717) is 21.9 Å². The predicted molar refractivity (Wildman–Crippen MR) is 127 cm³/mol. The summed E-state index contributed by atoms with van der Waals surface area (Å²) in [5.74, 6) is -1.22. The summed E-state index contributed by atoms with van der Waals surface area (Å²) < 4.78 is 34.6. The highest BCUT2D eigenvalue weighted by molar-refractivity contribution is 9.10. The number of ether oxygens (including phenoxy) is 1. The standard InChI is InChI=1S/C22H27BrN4O5S/c23-15-6-7-17-16(12-15)20(19(26-17)21(24)28)33(30,31)27-10-11-32-18(13-27)22(29)25-9-8-14-4-2-1-3-5-14/h4,6-7,12,18,26H,1-3,5,8-11,13H2,(H2,24,28)(H,25,29). The van der Waals surface area contributed by atoms with Crippen molar-refractivity contribution in [2.45, 2.75) is 43.1 Å². The maximum Gasteiger partial charge on any atom is 0.266 e. The molecule has 178 valence electrons. The van der Waals surface area contributed by atoms with Crippen LogP contribution in [0.3, 0.4) is 0 Å². The molecule has 1 atom stereocenters. The molecule has 0 bridgehead atoms. The monoisotopic (exact) mass is 538 g/mol. The lowest BCUT2D eigenvalue weighted by Gasteiger charge is -2.31. The number of sulfonamides is 1. The molecule has 2 aliphatic rings. The van der Waals surface area contributed by atoms with Gasteiger partial charge in [-0.1, -0.05) is 27.6 Å². The number of aromatic amines is 1. The van der Waals surface area contributed by atoms with E-state index < -0.39 is 22.0 Å². The minimum Gasteiger partial charge on any atom is -0.366 e. The number of morpholine rings is 1. The van der Waals surface area contributed by atoms with Crippen molar-refractivity contribution in [3.63, 3.8) is 0 Å². The van der Waals surface area contributed by atoms with Crippen molar-refractivity contribution in [1.29, 1.82) is 0 Å². The maximum absolute atomic E-state index is 13.6. The van der Waals surface area contributed by atoms with Crippen LogP contribution in [0.1, 0.15) is 42.6 Å². The number of nitrogens with two attached hydrogens (primary N) is 1. The number of fused-ring (bicyclic) bond motifs is 1. The Morgan fingerprint density at radius 2 is 2.12 bits per heavy atom. The molecule has 2 heterocycles. The Hall–Kier alpha value is -2.21. The third kappa shape index (κ3) is 5.16. The van der Waals surface area contributed by atoms with Crippen LogP contribution in [0.4, 0.5) is 0 Å². The molecule has 1 unspecified atom stereocenters. The first-order valence-corrected chi connectivity index (χ1v) is 13.2. The molecule has 2 aromatic rings. The lowest BCUT2D eigenvalue weighted by atomic mass is 9.97. The fraction of sp³-hybridized carbons (Fsp3) is 0.455. The molecular weight excluding hydrogens is 512 g/mol. The van der Waals surface area contributed by atoms with Gasteiger partial charge in [-0.25, -0.2) is 8.42 Å². The van der Waals surface area contributed by atoms with E-state index in [9.17, 15) is 18.0 Å². The second-order valence-electron chi connectivity index (χ2n) is 8.25. The molecule has 9 nitrogen and oxygen atoms in total. The first kappa shape index (κ1) is 23.9. The number of H-pyrrole nitrogens is 1. The number of carbonyl (C=O) groups is 2. The Morgan fingerprint density at radius 1 is 1.30 bits per heavy atom. The smallest absolute Gasteiger partial charge is 0.266 e. The Labute approximate surface area is 200 Å². The molecule has 1 aromatic heterocycles. The number of benzene rings is 1. The number of nitrogens with one attached hydrogen (secondary N) is 2. The van der Waals surface area contributed by atoms with Crippen molar-refractivity contribution in [3.8, 4) is 0 Å². The minimum atomic E-state index is -4.13. The van der Waals surface area contributed by atoms with Crippen LogP contribution in [-0.4, -0.2) is 61.9 Å². The van der Waals surface area contributed by atoms with Crippen LogP contribution in [0, 0.1) is 0 Å². The van der Waals surface area contributed by atoms with E-state index >= 15 is 0 Å². The number of rotatable bonds is 7. The van der Waals surface area contributed by atoms with Crippen LogP contribution < -0.4 is 11.1 Å². The summed E-state index contributed by atoms with van der Waals surface area (Å²) in [5, 5.41) is 3.21. The Bertz CT molecular complexity index is 1210. The number of halogens is 1. The third-order valence-corrected chi connectivity index (χ3v) is 8.45. The van der Waals surface area contributed by atoms with Crippen LogP contribution in [0.2, 0.25) is 0 Å². The Balaban J connectivity index is 1.51. The van der Waals surface area contributed by atoms with Crippen LogP contribution in [-0.2, 0) is 19.6 Å². The van der Waals surface area contributed by atoms with Gasteiger partial charge in [0.15, 0.2) is 0 Å². The summed E-state index contributed by atoms with van der Waals surface area (Å²) in [7, 11) is -4.13. The van der Waals surface area contributed by atoms with Gasteiger partial charge in [-0.3, -0.25) is 9.59 Å². The molecule has 1 aliphatic carbocycles. The molecule has 4 rings (SSSR count). The number of aromatic nitrogens is 1. The molecule has 33 heavy (non-hydrogen) atoms. The molecule has 2 amide bonds. The molecule has 0 spiro atoms. The third-order valence-electron chi connectivity index (χ3n) is 6.01. The van der Waals surface area contributed by atoms with Crippen molar-refractivity contribution < 1.29 is 22.7 Å². The van der Waals surface area contributed by atoms with Gasteiger partial charge in [0.2, 0.25) is 10.0 Å². The lowest BCUT2D eigenvalue weighted by Crippen LogP contribution is -2.51. The highest BCUT2D eigenvalue weighted by atomic mass is 79.9. The highest BCUT2D eigenvalue weighted by Crippen LogP contribution is 2.32. The number of carbonyl (C=O) groups excluding carboxylic acids is 2. The number of hydrogen-bond acceptors (Lipinski definition) is 5. The number of amides is 2. The van der Waals surface area contributed by atoms with E-state index in [-0.39, 0.29) is 36.2 Å². The normalized spacial score (nSPS) is 19.9. The number of hydrogen-bond donors (Lipinski definition) is 3. The number of allylic oxidation sites excluding steroid dienone is 1. The van der Waals surface area contributed by atoms with Gasteiger partial charge in [-0.15, -0.1) is 0 Å². The SMILES string of the molecule is NC(=O)c1[nH]c2ccc(Br)cc2c1S(=O)(=O)N1CCOC(C(=O)NCCC2=CCCCC2)C1. The summed E-state index contributed by atoms with van der Waals surface area (Å²) in [5.41, 5.74) is 7.12. The lowest BCUT2D eigenvalue weighted by molar-refractivity contribution is -0.136. The van der Waals surface area contributed by atoms with Crippen LogP contribution in [0.15, 0.2) is 39.2 Å². The average molecular weight is 539 g/mol. The van der Waals surface area contributed by atoms with Gasteiger partial charge in [0.25, 0.3) is 11.8 Å². The zero-order valence-corrected chi connectivity index (χ0v) is 20.5. The molecular formula is C22H27BrN4O5S. The van der Waals surface area contributed by atoms with Gasteiger partial charge in [0.1, 0.15) is 16.7 Å². The highest BCUT2D eigenvalue weighted by Gasteiger charge is 2.37. The second-order valence-corrected chi connectivity index (χ2v) is 11.0. The summed E-state index contributed by atoms with van der Waals surface area (Å²) >= 11 is 3.34. The molecule has 11 heteroatoms. The molecule has 1 aliphatic heterocycles. The van der Waals surface area contributed by atoms with Crippen LogP contribution >= 0.6 is 15.9 Å². The fourth-order valence-corrected chi connectivity index (χ4v) is 6.43. The Kier molecular flexibility index (Phi) is 7.22. The first-order chi connectivity index (χ1) is 15.8. The topological polar surface area (TPSA) is 135 Å². The zero-order chi connectivity index (χ0) is 23.6. The molecule has 0 saturated carbocycles. The predicted octanol–water partition coefficient (Wildman–Crippen LogP) is 2.43. The van der Waals surface area contributed by atoms with E-state index in [0.717, 1.165) is 19.3 Å². The van der Waals surface area contributed by atoms with E-state index in [1.165, 1.54) is 22.7 Å². The van der Waals surface area contributed by atoms with Crippen molar-refractivity contribution in [2.75, 3.05) is 26.2 Å². The zero-order valence-electron chi connectivity index (χ0n) is 18.1. The van der Waals surface area contributed by atoms with Gasteiger partial charge < -0.3 is 20.8 Å². The van der Waals surface area contributed by atoms with Gasteiger partial charge in [0.05, 0.1) is 6.61 Å². The van der Waals surface area contributed by atoms with E-state index in [1.807, 2.05) is 0 Å². The fourth-order valence-electron chi connectivity index (χ4n) is 4.30. The number of primary amides is 1. The largest absolute Gasteiger partial charge is 0.366 e. The van der Waals surface area contributed by atoms with Gasteiger partial charge >= 0.3 is 0 Å². The Morgan fingerprint density at radius 3 is 2.85 bits per heavy atom. The summed E-state index contributed by atoms with van der Waals surface area (Å²) in [6, 6.07) is 5.02. The van der Waals surface area contributed by atoms with E-state index in [1.54, 1.807) is 18.2 Å². The van der Waals surface area contributed by atoms with Gasteiger partial charge in [0, 0.05) is 35.0 Å². The minimum absolute atomic E-state index is 0.0673. The molecule has 0 radical (unpaired) electrons. The maximum atomic E-state index is 13.6. The van der Waals surface area contributed by atoms with Gasteiger partial charge in [-0.2, -0.15) is 4.31 Å². The van der Waals surface area contributed by atoms with Crippen molar-refractivity contribution in [1.82, 2.24) is 14.6 Å². The molecule has 1 fully saturated rings. The van der Waals surface area contributed by atoms with Crippen molar-refractivity contribution >= 4 is 48.7 Å². The summed E-state index contributed by atoms with van der Waals surface area (Å²) in [6.45, 7) is 0.480. The summed E-state index contributed by atoms with van der Waals surface area (Å²) in [6.07, 6.45) is 6.62. The number of nitrogens with zero attached hydrogens (tertiary/aromatic N) is 1. The average Bonchev–Trinajstić information content (AvgIpc) is 3.19. The van der Waals surface area contributed by atoms with E-state index in [2.05, 4.69) is 32.3 Å². The van der Waals surface area contributed by atoms with Crippen LogP contribution in [0.25, 0.3) is 10.9 Å². The van der Waals surface area contributed by atoms with Crippen molar-refractivity contribution in [2.24, 2.45) is 5.73 Å². The second kappa shape index (κ2) is 9.96. The van der Waals surface area contributed by atoms with E-state index in [4.69, 9.17) is 10.5 Å². The molecule has 1 aromatic carbocycles. The van der Waals surface area contributed by atoms with Crippen LogP contribution in [0.5, 0.6) is 0 Å². The van der Waals surface area contributed by atoms with Gasteiger partial charge in [-0.05, 0) is 50.3 Å². The first-order valence-electron chi connectivity index (χ1n) is 11.0. The summed E-state index contributed by atoms with van der Waals surface area (Å²) in [4.78, 5) is 27.3. The molecule has 1 saturated heterocycles.